The second-order valence-electron chi connectivity index (χ2n) is 1.52. The van der Waals surface area contributed by atoms with Crippen LogP contribution in [0.25, 0.3) is 0 Å². The van der Waals surface area contributed by atoms with E-state index >= 15 is 0 Å². The fourth-order valence-corrected chi connectivity index (χ4v) is 0.959. The van der Waals surface area contributed by atoms with Crippen LogP contribution >= 0.6 is 11.8 Å². The highest BCUT2D eigenvalue weighted by Gasteiger charge is 1.83. The summed E-state index contributed by atoms with van der Waals surface area (Å²) in [5.41, 5.74) is 0. The average molecular weight is 135 g/mol. The third-order valence-electron chi connectivity index (χ3n) is 0.912. The standard InChI is InChI=1S/C8H6S/c1-2-9-8-6-4-3-5-7-8/h1,3-7H/i1D. The lowest BCUT2D eigenvalue weighted by molar-refractivity contribution is 1.48. The Morgan fingerprint density at radius 1 is 1.44 bits per heavy atom. The summed E-state index contributed by atoms with van der Waals surface area (Å²) in [6.07, 6.45) is 2.08. The lowest BCUT2D eigenvalue weighted by Crippen LogP contribution is -1.62. The fourth-order valence-electron chi connectivity index (χ4n) is 0.547. The summed E-state index contributed by atoms with van der Waals surface area (Å²) in [6.45, 7) is 0. The lowest BCUT2D eigenvalue weighted by atomic mass is 10.4. The van der Waals surface area contributed by atoms with Gasteiger partial charge in [0.2, 0.25) is 0 Å². The number of benzene rings is 1. The molecule has 0 radical (unpaired) electrons. The Kier molecular flexibility index (Phi) is 1.77. The highest BCUT2D eigenvalue weighted by atomic mass is 32.2. The molecule has 1 aromatic carbocycles. The molecule has 0 aliphatic heterocycles. The van der Waals surface area contributed by atoms with Gasteiger partial charge < -0.3 is 0 Å². The van der Waals surface area contributed by atoms with Crippen LogP contribution in [0.2, 0.25) is 0 Å². The predicted molar refractivity (Wildman–Crippen MR) is 41.1 cm³/mol. The van der Waals surface area contributed by atoms with Crippen LogP contribution in [-0.2, 0) is 0 Å². The summed E-state index contributed by atoms with van der Waals surface area (Å²) in [4.78, 5) is 1.09. The van der Waals surface area contributed by atoms with Crippen LogP contribution in [0.5, 0.6) is 0 Å². The summed E-state index contributed by atoms with van der Waals surface area (Å²) in [5, 5.41) is 2.60. The smallest absolute Gasteiger partial charge is 0.108 e. The summed E-state index contributed by atoms with van der Waals surface area (Å²) in [6, 6.07) is 9.80. The van der Waals surface area contributed by atoms with Crippen molar-refractivity contribution in [1.82, 2.24) is 0 Å². The van der Waals surface area contributed by atoms with Crippen molar-refractivity contribution in [3.63, 3.8) is 0 Å². The Balaban J connectivity index is 2.64. The van der Waals surface area contributed by atoms with Gasteiger partial charge in [-0.2, -0.15) is 0 Å². The monoisotopic (exact) mass is 135 g/mol. The molecule has 0 aliphatic rings. The molecule has 0 spiro atoms. The molecule has 0 saturated heterocycles. The molecule has 0 saturated carbocycles. The quantitative estimate of drug-likeness (QED) is 0.421. The second-order valence-corrected chi connectivity index (χ2v) is 2.40. The van der Waals surface area contributed by atoms with Crippen LogP contribution in [0.15, 0.2) is 35.2 Å². The van der Waals surface area contributed by atoms with Crippen molar-refractivity contribution in [2.75, 3.05) is 0 Å². The van der Waals surface area contributed by atoms with Crippen LogP contribution in [0, 0.1) is 11.7 Å². The predicted octanol–water partition coefficient (Wildman–Crippen LogP) is 2.37. The van der Waals surface area contributed by atoms with Crippen molar-refractivity contribution in [1.29, 1.82) is 0 Å². The molecule has 1 heteroatoms. The van der Waals surface area contributed by atoms with Gasteiger partial charge in [-0.1, -0.05) is 18.2 Å². The summed E-state index contributed by atoms with van der Waals surface area (Å²) < 4.78 is 6.57. The van der Waals surface area contributed by atoms with Crippen molar-refractivity contribution in [3.05, 3.63) is 30.3 Å². The lowest BCUT2D eigenvalue weighted by Gasteiger charge is -1.88. The first kappa shape index (κ1) is 4.96. The molecule has 0 N–H and O–H groups in total. The van der Waals surface area contributed by atoms with Gasteiger partial charge in [-0.3, -0.25) is 0 Å². The zero-order chi connectivity index (χ0) is 7.23. The molecule has 0 amide bonds. The van der Waals surface area contributed by atoms with Crippen LogP contribution < -0.4 is 0 Å². The summed E-state index contributed by atoms with van der Waals surface area (Å²) in [5.74, 6) is 0. The molecule has 0 atom stereocenters. The summed E-state index contributed by atoms with van der Waals surface area (Å²) >= 11 is 1.37. The molecule has 0 heterocycles. The molecule has 0 unspecified atom stereocenters. The maximum atomic E-state index is 6.57. The number of hydrogen-bond donors (Lipinski definition) is 0. The van der Waals surface area contributed by atoms with Gasteiger partial charge in [-0.15, -0.1) is 6.40 Å². The SMILES string of the molecule is [2H]C#CSc1ccccc1. The van der Waals surface area contributed by atoms with Crippen molar-refractivity contribution in [3.8, 4) is 11.7 Å². The van der Waals surface area contributed by atoms with Crippen molar-refractivity contribution >= 4 is 11.8 Å². The fraction of sp³-hybridized carbons (Fsp3) is 0. The van der Waals surface area contributed by atoms with E-state index in [9.17, 15) is 0 Å². The average Bonchev–Trinajstić information content (AvgIpc) is 2.03. The number of thioether (sulfide) groups is 1. The van der Waals surface area contributed by atoms with E-state index in [2.05, 4.69) is 11.7 Å². The molecule has 0 bridgehead atoms. The molecular weight excluding hydrogens is 128 g/mol. The van der Waals surface area contributed by atoms with Crippen LogP contribution in [0.3, 0.4) is 0 Å². The molecular formula is C8H6S. The van der Waals surface area contributed by atoms with Gasteiger partial charge in [-0.05, 0) is 29.1 Å². The Bertz CT molecular complexity index is 245. The van der Waals surface area contributed by atoms with Gasteiger partial charge >= 0.3 is 0 Å². The van der Waals surface area contributed by atoms with Gasteiger partial charge in [0.1, 0.15) is 1.37 Å². The molecule has 0 aromatic heterocycles. The van der Waals surface area contributed by atoms with E-state index in [1.807, 2.05) is 30.3 Å². The van der Waals surface area contributed by atoms with Crippen molar-refractivity contribution in [2.45, 2.75) is 4.90 Å². The molecule has 0 aliphatic carbocycles. The first-order chi connectivity index (χ1) is 4.93. The minimum absolute atomic E-state index is 1.09. The van der Waals surface area contributed by atoms with E-state index in [-0.39, 0.29) is 0 Å². The Morgan fingerprint density at radius 2 is 2.22 bits per heavy atom. The molecule has 9 heavy (non-hydrogen) atoms. The Hall–Kier alpha value is -0.870. The topological polar surface area (TPSA) is 0 Å². The van der Waals surface area contributed by atoms with Gasteiger partial charge in [0.15, 0.2) is 0 Å². The van der Waals surface area contributed by atoms with Crippen molar-refractivity contribution < 1.29 is 1.37 Å². The zero-order valence-electron chi connectivity index (χ0n) is 5.79. The highest BCUT2D eigenvalue weighted by molar-refractivity contribution is 8.03. The largest absolute Gasteiger partial charge is 0.125 e. The van der Waals surface area contributed by atoms with Gasteiger partial charge in [0.25, 0.3) is 0 Å². The normalized spacial score (nSPS) is 9.11. The van der Waals surface area contributed by atoms with E-state index in [4.69, 9.17) is 1.37 Å². The molecule has 0 nitrogen and oxygen atoms in total. The first-order valence-electron chi connectivity index (χ1n) is 3.07. The van der Waals surface area contributed by atoms with Crippen LogP contribution in [-0.4, -0.2) is 0 Å². The molecule has 1 aromatic rings. The summed E-state index contributed by atoms with van der Waals surface area (Å²) in [7, 11) is 0. The van der Waals surface area contributed by atoms with E-state index in [1.54, 1.807) is 0 Å². The van der Waals surface area contributed by atoms with Gasteiger partial charge in [0, 0.05) is 4.90 Å². The Morgan fingerprint density at radius 3 is 2.89 bits per heavy atom. The zero-order valence-corrected chi connectivity index (χ0v) is 5.61. The van der Waals surface area contributed by atoms with E-state index in [1.165, 1.54) is 11.8 Å². The first-order valence-corrected chi connectivity index (χ1v) is 3.39. The van der Waals surface area contributed by atoms with Gasteiger partial charge in [0.05, 0.1) is 0 Å². The third kappa shape index (κ3) is 1.83. The minimum Gasteiger partial charge on any atom is -0.108 e. The van der Waals surface area contributed by atoms with Crippen LogP contribution in [0.1, 0.15) is 1.37 Å². The van der Waals surface area contributed by atoms with Gasteiger partial charge in [-0.25, -0.2) is 0 Å². The number of hydrogen-bond acceptors (Lipinski definition) is 1. The van der Waals surface area contributed by atoms with E-state index in [0.717, 1.165) is 4.90 Å². The van der Waals surface area contributed by atoms with E-state index < -0.39 is 0 Å². The van der Waals surface area contributed by atoms with E-state index in [0.29, 0.717) is 0 Å². The van der Waals surface area contributed by atoms with Crippen LogP contribution in [0.4, 0.5) is 0 Å². The molecule has 44 valence electrons. The van der Waals surface area contributed by atoms with Crippen molar-refractivity contribution in [2.24, 2.45) is 0 Å². The Labute approximate surface area is 60.7 Å². The molecule has 1 rings (SSSR count). The highest BCUT2D eigenvalue weighted by Crippen LogP contribution is 2.13. The second kappa shape index (κ2) is 3.21. The molecule has 0 fully saturated rings. The maximum absolute atomic E-state index is 6.57. The minimum atomic E-state index is 1.09. The number of terminal acetylenes is 1. The maximum Gasteiger partial charge on any atom is 0.125 e. The third-order valence-corrected chi connectivity index (χ3v) is 1.52. The number of rotatable bonds is 1.